The summed E-state index contributed by atoms with van der Waals surface area (Å²) in [4.78, 5) is 19.6. The van der Waals surface area contributed by atoms with Crippen molar-refractivity contribution in [3.63, 3.8) is 0 Å². The fourth-order valence-electron chi connectivity index (χ4n) is 0.263. The van der Waals surface area contributed by atoms with Gasteiger partial charge in [0.15, 0.2) is 0 Å². The van der Waals surface area contributed by atoms with Crippen molar-refractivity contribution in [3.05, 3.63) is 0 Å². The van der Waals surface area contributed by atoms with Gasteiger partial charge in [-0.2, -0.15) is 0 Å². The van der Waals surface area contributed by atoms with E-state index < -0.39 is 5.97 Å². The summed E-state index contributed by atoms with van der Waals surface area (Å²) in [5, 5.41) is 9.82. The van der Waals surface area contributed by atoms with Crippen LogP contribution in [0.15, 0.2) is 0 Å². The van der Waals surface area contributed by atoms with Crippen LogP contribution in [0.25, 0.3) is 0 Å². The van der Waals surface area contributed by atoms with E-state index in [1.807, 2.05) is 20.8 Å². The van der Waals surface area contributed by atoms with Gasteiger partial charge in [-0.25, -0.2) is 0 Å². The number of carbonyl (C=O) groups excluding carboxylic acids is 2. The van der Waals surface area contributed by atoms with E-state index in [-0.39, 0.29) is 41.4 Å². The molecule has 0 aliphatic carbocycles. The van der Waals surface area contributed by atoms with Gasteiger partial charge in [0.2, 0.25) is 0 Å². The zero-order valence-electron chi connectivity index (χ0n) is 9.87. The monoisotopic (exact) mass is 210 g/mol. The number of carboxylic acids is 1. The van der Waals surface area contributed by atoms with Crippen molar-refractivity contribution < 1.29 is 44.3 Å². The summed E-state index contributed by atoms with van der Waals surface area (Å²) in [5.41, 5.74) is 0. The Bertz CT molecular complexity index is 148. The van der Waals surface area contributed by atoms with Gasteiger partial charge >= 0.3 is 29.6 Å². The summed E-state index contributed by atoms with van der Waals surface area (Å²) < 4.78 is 0. The Morgan fingerprint density at radius 2 is 1.71 bits per heavy atom. The molecule has 0 aliphatic heterocycles. The molecule has 0 rings (SSSR count). The van der Waals surface area contributed by atoms with Crippen LogP contribution in [0.5, 0.6) is 0 Å². The van der Waals surface area contributed by atoms with Gasteiger partial charge in [0.05, 0.1) is 0 Å². The van der Waals surface area contributed by atoms with Crippen LogP contribution in [0, 0.1) is 11.8 Å². The minimum absolute atomic E-state index is 0. The van der Waals surface area contributed by atoms with Gasteiger partial charge in [0.25, 0.3) is 0 Å². The second kappa shape index (κ2) is 13.1. The van der Waals surface area contributed by atoms with Crippen LogP contribution in [0.4, 0.5) is 0 Å². The first-order valence-electron chi connectivity index (χ1n) is 4.65. The third-order valence-corrected chi connectivity index (χ3v) is 1.89. The molecule has 3 nitrogen and oxygen atoms in total. The minimum Gasteiger partial charge on any atom is -0.550 e. The van der Waals surface area contributed by atoms with Crippen LogP contribution in [0.1, 0.15) is 40.5 Å². The van der Waals surface area contributed by atoms with Crippen LogP contribution in [0.2, 0.25) is 0 Å². The van der Waals surface area contributed by atoms with Crippen molar-refractivity contribution in [3.8, 4) is 0 Å². The summed E-state index contributed by atoms with van der Waals surface area (Å²) in [6, 6.07) is 0. The van der Waals surface area contributed by atoms with E-state index in [9.17, 15) is 14.7 Å². The Balaban J connectivity index is -0.000000163. The molecule has 0 bridgehead atoms. The number of carbonyl (C=O) groups is 2. The molecular weight excluding hydrogens is 191 g/mol. The average Bonchev–Trinajstić information content (AvgIpc) is 2.16. The molecule has 0 saturated carbocycles. The molecule has 0 fully saturated rings. The van der Waals surface area contributed by atoms with Crippen molar-refractivity contribution in [1.82, 2.24) is 0 Å². The molecule has 0 heterocycles. The fourth-order valence-corrected chi connectivity index (χ4v) is 0.263. The maximum atomic E-state index is 9.82. The summed E-state index contributed by atoms with van der Waals surface area (Å²) in [7, 11) is 0. The fraction of sp³-hybridized carbons (Fsp3) is 0.800. The standard InChI is InChI=1S/C5H10O2.C5H10O.Na/c1-3-4(2)5(6)7;1-3-5(2)4-6;/h4H,3H2,1-2H3,(H,6,7);4-5H,3H2,1-2H3;/q;;+1/p-1. The molecule has 4 heteroatoms. The topological polar surface area (TPSA) is 57.2 Å². The molecule has 0 aromatic rings. The summed E-state index contributed by atoms with van der Waals surface area (Å²) in [6.07, 6.45) is 2.59. The molecule has 0 amide bonds. The van der Waals surface area contributed by atoms with Gasteiger partial charge in [-0.1, -0.05) is 27.7 Å². The Labute approximate surface area is 109 Å². The third kappa shape index (κ3) is 14.7. The quantitative estimate of drug-likeness (QED) is 0.399. The van der Waals surface area contributed by atoms with Gasteiger partial charge in [0.1, 0.15) is 6.29 Å². The van der Waals surface area contributed by atoms with Crippen molar-refractivity contribution in [2.45, 2.75) is 40.5 Å². The van der Waals surface area contributed by atoms with Crippen LogP contribution >= 0.6 is 0 Å². The molecule has 78 valence electrons. The molecule has 0 aromatic heterocycles. The second-order valence-corrected chi connectivity index (χ2v) is 3.15. The molecule has 0 radical (unpaired) electrons. The maximum Gasteiger partial charge on any atom is 1.00 e. The molecular formula is C10H19NaO3. The van der Waals surface area contributed by atoms with E-state index >= 15 is 0 Å². The number of hydrogen-bond acceptors (Lipinski definition) is 3. The maximum absolute atomic E-state index is 9.82. The molecule has 0 N–H and O–H groups in total. The molecule has 0 spiro atoms. The van der Waals surface area contributed by atoms with Crippen LogP contribution in [0.3, 0.4) is 0 Å². The number of carboxylic acid groups (broad SMARTS) is 1. The molecule has 0 aromatic carbocycles. The number of hydrogen-bond donors (Lipinski definition) is 0. The Morgan fingerprint density at radius 1 is 1.29 bits per heavy atom. The van der Waals surface area contributed by atoms with E-state index in [0.29, 0.717) is 6.42 Å². The van der Waals surface area contributed by atoms with Crippen LogP contribution in [-0.4, -0.2) is 12.3 Å². The van der Waals surface area contributed by atoms with E-state index in [4.69, 9.17) is 0 Å². The zero-order chi connectivity index (χ0) is 10.9. The summed E-state index contributed by atoms with van der Waals surface area (Å²) >= 11 is 0. The number of rotatable bonds is 4. The second-order valence-electron chi connectivity index (χ2n) is 3.15. The molecule has 2 unspecified atom stereocenters. The van der Waals surface area contributed by atoms with Crippen molar-refractivity contribution in [1.29, 1.82) is 0 Å². The van der Waals surface area contributed by atoms with Crippen LogP contribution < -0.4 is 34.7 Å². The smallest absolute Gasteiger partial charge is 0.550 e. The van der Waals surface area contributed by atoms with Gasteiger partial charge in [-0.3, -0.25) is 0 Å². The zero-order valence-corrected chi connectivity index (χ0v) is 11.9. The molecule has 0 saturated heterocycles. The third-order valence-electron chi connectivity index (χ3n) is 1.89. The predicted molar refractivity (Wildman–Crippen MR) is 50.0 cm³/mol. The minimum atomic E-state index is -0.956. The number of aliphatic carboxylic acids is 1. The van der Waals surface area contributed by atoms with Gasteiger partial charge in [0, 0.05) is 11.9 Å². The van der Waals surface area contributed by atoms with Crippen molar-refractivity contribution in [2.75, 3.05) is 0 Å². The Hall–Kier alpha value is 0.140. The van der Waals surface area contributed by atoms with Crippen LogP contribution in [-0.2, 0) is 9.59 Å². The molecule has 0 aliphatic rings. The molecule has 14 heavy (non-hydrogen) atoms. The SMILES string of the molecule is CCC(C)C(=O)[O-].CCC(C)C=O.[Na+]. The molecule has 2 atom stereocenters. The van der Waals surface area contributed by atoms with Gasteiger partial charge < -0.3 is 14.7 Å². The van der Waals surface area contributed by atoms with Gasteiger partial charge in [-0.15, -0.1) is 0 Å². The predicted octanol–water partition coefficient (Wildman–Crippen LogP) is -1.98. The first-order chi connectivity index (χ1) is 5.99. The van der Waals surface area contributed by atoms with E-state index in [1.54, 1.807) is 6.92 Å². The average molecular weight is 210 g/mol. The first-order valence-corrected chi connectivity index (χ1v) is 4.65. The van der Waals surface area contributed by atoms with Gasteiger partial charge in [-0.05, 0) is 18.8 Å². The normalized spacial score (nSPS) is 12.6. The largest absolute Gasteiger partial charge is 1.00 e. The number of aldehydes is 1. The first kappa shape index (κ1) is 19.7. The Kier molecular flexibility index (Phi) is 18.5. The summed E-state index contributed by atoms with van der Waals surface area (Å²) in [6.45, 7) is 7.36. The van der Waals surface area contributed by atoms with Crippen molar-refractivity contribution in [2.24, 2.45) is 11.8 Å². The van der Waals surface area contributed by atoms with E-state index in [0.717, 1.165) is 12.7 Å². The van der Waals surface area contributed by atoms with Crippen molar-refractivity contribution >= 4 is 12.3 Å². The van der Waals surface area contributed by atoms with E-state index in [2.05, 4.69) is 0 Å². The summed E-state index contributed by atoms with van der Waals surface area (Å²) in [5.74, 6) is -0.993. The van der Waals surface area contributed by atoms with E-state index in [1.165, 1.54) is 0 Å². The Morgan fingerprint density at radius 3 is 1.71 bits per heavy atom.